The van der Waals surface area contributed by atoms with Crippen molar-refractivity contribution in [2.24, 2.45) is 0 Å². The zero-order chi connectivity index (χ0) is 30.1. The fraction of sp³-hybridized carbons (Fsp3) is 0.667. The van der Waals surface area contributed by atoms with Crippen molar-refractivity contribution in [3.05, 3.63) is 30.3 Å². The molecular weight excluding hydrogens is 617 g/mol. The Morgan fingerprint density at radius 2 is 1.62 bits per heavy atom. The number of nitrogens with one attached hydrogen (secondary N) is 1. The molecule has 0 aromatic heterocycles. The standard InChI is InChI=1S/C27H38Cl3NO7SSi/c1-16(32)13-14-19(33)37-22-20(31-24(34)27(28,29)30)23(39-17-11-9-8-10-12-17)36-18-15-35-40(25(2,3)4,26(5,6)7)38-21(18)22/h8-12,18,20-23H,13-15H2,1-7H3,(H,31,34)/t18-,20-,21-,22-,23+/m1/s1. The molecule has 2 aliphatic heterocycles. The number of carbonyl (C=O) groups excluding carboxylic acids is 3. The number of thioether (sulfide) groups is 1. The van der Waals surface area contributed by atoms with E-state index in [9.17, 15) is 14.4 Å². The predicted molar refractivity (Wildman–Crippen MR) is 159 cm³/mol. The van der Waals surface area contributed by atoms with Crippen LogP contribution in [0.1, 0.15) is 61.3 Å². The number of hydrogen-bond acceptors (Lipinski definition) is 8. The molecule has 0 aliphatic carbocycles. The van der Waals surface area contributed by atoms with E-state index in [4.69, 9.17) is 53.1 Å². The van der Waals surface area contributed by atoms with Gasteiger partial charge in [-0.2, -0.15) is 0 Å². The number of amides is 1. The highest BCUT2D eigenvalue weighted by Crippen LogP contribution is 2.55. The average Bonchev–Trinajstić information content (AvgIpc) is 2.83. The van der Waals surface area contributed by atoms with Gasteiger partial charge in [-0.3, -0.25) is 9.59 Å². The lowest BCUT2D eigenvalue weighted by molar-refractivity contribution is -0.210. The van der Waals surface area contributed by atoms with Crippen LogP contribution in [0.4, 0.5) is 0 Å². The molecule has 1 aromatic carbocycles. The fourth-order valence-corrected chi connectivity index (χ4v) is 11.5. The fourth-order valence-electron chi connectivity index (χ4n) is 5.27. The first-order valence-corrected chi connectivity index (χ1v) is 16.9. The van der Waals surface area contributed by atoms with Gasteiger partial charge in [-0.25, -0.2) is 0 Å². The number of alkyl halides is 3. The first-order valence-electron chi connectivity index (χ1n) is 13.1. The number of carbonyl (C=O) groups is 3. The number of esters is 1. The molecule has 2 aliphatic rings. The summed E-state index contributed by atoms with van der Waals surface area (Å²) in [6.45, 7) is 14.0. The third-order valence-electron chi connectivity index (χ3n) is 6.87. The number of rotatable bonds is 7. The van der Waals surface area contributed by atoms with Gasteiger partial charge in [0.2, 0.25) is 0 Å². The van der Waals surface area contributed by atoms with Crippen molar-refractivity contribution in [2.45, 2.75) is 110 Å². The summed E-state index contributed by atoms with van der Waals surface area (Å²) in [6, 6.07) is 8.47. The third kappa shape index (κ3) is 7.75. The lowest BCUT2D eigenvalue weighted by atomic mass is 9.97. The molecule has 0 spiro atoms. The Hall–Kier alpha value is -0.853. The Kier molecular flexibility index (Phi) is 10.8. The highest BCUT2D eigenvalue weighted by atomic mass is 35.6. The number of ether oxygens (including phenoxy) is 2. The van der Waals surface area contributed by atoms with E-state index in [0.717, 1.165) is 4.90 Å². The van der Waals surface area contributed by atoms with Crippen molar-refractivity contribution in [3.8, 4) is 0 Å². The van der Waals surface area contributed by atoms with E-state index < -0.39 is 54.0 Å². The Morgan fingerprint density at radius 1 is 1.02 bits per heavy atom. The highest BCUT2D eigenvalue weighted by Gasteiger charge is 2.65. The summed E-state index contributed by atoms with van der Waals surface area (Å²) >= 11 is 19.1. The summed E-state index contributed by atoms with van der Waals surface area (Å²) in [5.74, 6) is -1.64. The summed E-state index contributed by atoms with van der Waals surface area (Å²) in [5, 5.41) is 2.02. The highest BCUT2D eigenvalue weighted by molar-refractivity contribution is 7.99. The van der Waals surface area contributed by atoms with Gasteiger partial charge in [0.15, 0.2) is 6.10 Å². The van der Waals surface area contributed by atoms with Gasteiger partial charge in [0.05, 0.1) is 13.0 Å². The van der Waals surface area contributed by atoms with E-state index >= 15 is 0 Å². The molecular formula is C27H38Cl3NO7SSi. The molecule has 3 rings (SSSR count). The maximum atomic E-state index is 13.1. The molecule has 224 valence electrons. The van der Waals surface area contributed by atoms with Crippen LogP contribution in [0, 0.1) is 0 Å². The second kappa shape index (κ2) is 12.8. The SMILES string of the molecule is CC(=O)CCC(=O)O[C@@H]1[C@@H](NC(=O)C(Cl)(Cl)Cl)[C@H](Sc2ccccc2)O[C@@H]2CO[Si](C(C)(C)C)(C(C)(C)C)O[C@@H]12. The van der Waals surface area contributed by atoms with Gasteiger partial charge in [0.1, 0.15) is 29.5 Å². The van der Waals surface area contributed by atoms with E-state index in [1.54, 1.807) is 0 Å². The number of Topliss-reactive ketones (excluding diaryl/α,β-unsaturated/α-hetero) is 1. The van der Waals surface area contributed by atoms with Crippen LogP contribution in [-0.4, -0.2) is 66.4 Å². The van der Waals surface area contributed by atoms with Gasteiger partial charge in [0.25, 0.3) is 9.70 Å². The predicted octanol–water partition coefficient (Wildman–Crippen LogP) is 6.10. The molecule has 1 amide bonds. The monoisotopic (exact) mass is 653 g/mol. The number of benzene rings is 1. The van der Waals surface area contributed by atoms with E-state index in [1.807, 2.05) is 30.3 Å². The van der Waals surface area contributed by atoms with Crippen molar-refractivity contribution in [1.82, 2.24) is 5.32 Å². The summed E-state index contributed by atoms with van der Waals surface area (Å²) in [6.07, 6.45) is -2.51. The van der Waals surface area contributed by atoms with Crippen LogP contribution in [0.2, 0.25) is 10.1 Å². The van der Waals surface area contributed by atoms with Crippen molar-refractivity contribution in [3.63, 3.8) is 0 Å². The number of fused-ring (bicyclic) bond motifs is 1. The van der Waals surface area contributed by atoms with Crippen LogP contribution in [0.5, 0.6) is 0 Å². The molecule has 0 bridgehead atoms. The number of halogens is 3. The summed E-state index contributed by atoms with van der Waals surface area (Å²) in [5.41, 5.74) is -0.754. The molecule has 40 heavy (non-hydrogen) atoms. The molecule has 2 fully saturated rings. The Bertz CT molecular complexity index is 1060. The van der Waals surface area contributed by atoms with Gasteiger partial charge < -0.3 is 28.4 Å². The second-order valence-corrected chi connectivity index (χ2v) is 20.3. The number of ketones is 1. The lowest BCUT2D eigenvalue weighted by Gasteiger charge is -2.58. The second-order valence-electron chi connectivity index (χ2n) is 12.1. The molecule has 5 atom stereocenters. The maximum Gasteiger partial charge on any atom is 0.349 e. The zero-order valence-electron chi connectivity index (χ0n) is 23.8. The van der Waals surface area contributed by atoms with Gasteiger partial charge in [-0.05, 0) is 19.1 Å². The van der Waals surface area contributed by atoms with Gasteiger partial charge in [-0.15, -0.1) is 0 Å². The molecule has 1 N–H and O–H groups in total. The first-order chi connectivity index (χ1) is 18.4. The lowest BCUT2D eigenvalue weighted by Crippen LogP contribution is -2.73. The minimum Gasteiger partial charge on any atom is -0.457 e. The molecule has 0 saturated carbocycles. The zero-order valence-corrected chi connectivity index (χ0v) is 27.9. The van der Waals surface area contributed by atoms with Crippen molar-refractivity contribution in [2.75, 3.05) is 6.61 Å². The Morgan fingerprint density at radius 3 is 2.15 bits per heavy atom. The van der Waals surface area contributed by atoms with Crippen molar-refractivity contribution in [1.29, 1.82) is 0 Å². The van der Waals surface area contributed by atoms with Gasteiger partial charge in [-0.1, -0.05) is 106 Å². The van der Waals surface area contributed by atoms with E-state index in [2.05, 4.69) is 46.9 Å². The van der Waals surface area contributed by atoms with Crippen LogP contribution >= 0.6 is 46.6 Å². The van der Waals surface area contributed by atoms with E-state index in [-0.39, 0.29) is 35.3 Å². The van der Waals surface area contributed by atoms with Crippen LogP contribution in [0.25, 0.3) is 0 Å². The summed E-state index contributed by atoms with van der Waals surface area (Å²) in [4.78, 5) is 38.5. The minimum atomic E-state index is -3.05. The largest absolute Gasteiger partial charge is 0.457 e. The molecule has 0 unspecified atom stereocenters. The minimum absolute atomic E-state index is 0.0240. The van der Waals surface area contributed by atoms with Crippen LogP contribution in [0.15, 0.2) is 35.2 Å². The van der Waals surface area contributed by atoms with Crippen molar-refractivity contribution >= 4 is 72.8 Å². The molecule has 2 heterocycles. The van der Waals surface area contributed by atoms with E-state index in [1.165, 1.54) is 18.7 Å². The van der Waals surface area contributed by atoms with Crippen LogP contribution < -0.4 is 5.32 Å². The van der Waals surface area contributed by atoms with Crippen molar-refractivity contribution < 1.29 is 32.7 Å². The topological polar surface area (TPSA) is 100 Å². The van der Waals surface area contributed by atoms with Gasteiger partial charge >= 0.3 is 14.5 Å². The molecule has 1 aromatic rings. The Labute approximate surface area is 256 Å². The molecule has 2 saturated heterocycles. The maximum absolute atomic E-state index is 13.1. The molecule has 0 radical (unpaired) electrons. The third-order valence-corrected chi connectivity index (χ3v) is 13.7. The summed E-state index contributed by atoms with van der Waals surface area (Å²) in [7, 11) is -3.05. The van der Waals surface area contributed by atoms with Crippen LogP contribution in [-0.2, 0) is 32.7 Å². The average molecular weight is 655 g/mol. The number of hydrogen-bond donors (Lipinski definition) is 1. The first kappa shape index (κ1) is 33.6. The van der Waals surface area contributed by atoms with Crippen LogP contribution in [0.3, 0.4) is 0 Å². The van der Waals surface area contributed by atoms with E-state index in [0.29, 0.717) is 0 Å². The molecule has 13 heteroatoms. The Balaban J connectivity index is 2.08. The van der Waals surface area contributed by atoms with Gasteiger partial charge in [0, 0.05) is 21.4 Å². The normalized spacial score (nSPS) is 26.9. The quantitative estimate of drug-likeness (QED) is 0.214. The summed E-state index contributed by atoms with van der Waals surface area (Å²) < 4.78 is 23.8. The molecule has 8 nitrogen and oxygen atoms in total. The smallest absolute Gasteiger partial charge is 0.349 e.